The van der Waals surface area contributed by atoms with Crippen LogP contribution in [0.4, 0.5) is 11.5 Å². The summed E-state index contributed by atoms with van der Waals surface area (Å²) in [6, 6.07) is 1.54. The molecule has 1 aliphatic carbocycles. The smallest absolute Gasteiger partial charge is 0.269 e. The molecule has 2 aromatic rings. The second kappa shape index (κ2) is 6.08. The van der Waals surface area contributed by atoms with Crippen molar-refractivity contribution in [3.63, 3.8) is 0 Å². The Bertz CT molecular complexity index is 872. The van der Waals surface area contributed by atoms with Crippen LogP contribution in [0.2, 0.25) is 0 Å². The lowest BCUT2D eigenvalue weighted by molar-refractivity contribution is -0.119. The molecule has 0 aromatic carbocycles. The number of fused-ring (bicyclic) bond motifs is 1. The Morgan fingerprint density at radius 3 is 2.69 bits per heavy atom. The highest BCUT2D eigenvalue weighted by Crippen LogP contribution is 2.38. The third-order valence-electron chi connectivity index (χ3n) is 5.21. The Hall–Kier alpha value is -2.97. The van der Waals surface area contributed by atoms with E-state index in [2.05, 4.69) is 20.0 Å². The lowest BCUT2D eigenvalue weighted by Crippen LogP contribution is -2.54. The van der Waals surface area contributed by atoms with E-state index in [-0.39, 0.29) is 17.6 Å². The number of aromatic nitrogens is 4. The standard InChI is InChI=1S/C17H21N7O2/c1-10-16(26)22(2)13-9-19-17(23-8-7-12(21-23)14(18)25)20-15(13)24(10)11-5-3-4-6-11/h7-11H,3-6H2,1-2H3,(H2,18,25)/t10-/m1/s1. The molecular formula is C17H21N7O2. The number of rotatable bonds is 3. The second-order valence-corrected chi connectivity index (χ2v) is 6.81. The van der Waals surface area contributed by atoms with Gasteiger partial charge in [0.2, 0.25) is 5.91 Å². The van der Waals surface area contributed by atoms with Crippen LogP contribution in [0.3, 0.4) is 0 Å². The fourth-order valence-electron chi connectivity index (χ4n) is 3.83. The van der Waals surface area contributed by atoms with E-state index in [1.807, 2.05) is 6.92 Å². The van der Waals surface area contributed by atoms with E-state index < -0.39 is 5.91 Å². The largest absolute Gasteiger partial charge is 0.364 e. The minimum atomic E-state index is -0.603. The number of hydrogen-bond acceptors (Lipinski definition) is 6. The van der Waals surface area contributed by atoms with Crippen LogP contribution in [-0.2, 0) is 4.79 Å². The molecule has 9 nitrogen and oxygen atoms in total. The molecule has 0 unspecified atom stereocenters. The van der Waals surface area contributed by atoms with Crippen molar-refractivity contribution in [1.29, 1.82) is 0 Å². The molecule has 2 N–H and O–H groups in total. The molecule has 9 heteroatoms. The molecule has 0 saturated heterocycles. The Morgan fingerprint density at radius 2 is 2.04 bits per heavy atom. The maximum absolute atomic E-state index is 12.6. The molecule has 1 atom stereocenters. The minimum absolute atomic E-state index is 0.0378. The van der Waals surface area contributed by atoms with Crippen molar-refractivity contribution >= 4 is 23.3 Å². The maximum atomic E-state index is 12.6. The summed E-state index contributed by atoms with van der Waals surface area (Å²) in [7, 11) is 1.74. The molecule has 0 bridgehead atoms. The number of hydrogen-bond donors (Lipinski definition) is 1. The molecule has 2 aromatic heterocycles. The van der Waals surface area contributed by atoms with Gasteiger partial charge in [-0.05, 0) is 25.8 Å². The Kier molecular flexibility index (Phi) is 3.86. The van der Waals surface area contributed by atoms with E-state index in [1.54, 1.807) is 24.3 Å². The van der Waals surface area contributed by atoms with Gasteiger partial charge >= 0.3 is 0 Å². The minimum Gasteiger partial charge on any atom is -0.364 e. The Morgan fingerprint density at radius 1 is 1.31 bits per heavy atom. The topological polar surface area (TPSA) is 110 Å². The number of nitrogens with zero attached hydrogens (tertiary/aromatic N) is 6. The number of nitrogens with two attached hydrogens (primary N) is 1. The van der Waals surface area contributed by atoms with Gasteiger partial charge < -0.3 is 15.5 Å². The van der Waals surface area contributed by atoms with E-state index in [0.717, 1.165) is 31.5 Å². The van der Waals surface area contributed by atoms with Crippen molar-refractivity contribution < 1.29 is 9.59 Å². The molecule has 1 fully saturated rings. The van der Waals surface area contributed by atoms with Crippen molar-refractivity contribution in [3.8, 4) is 5.95 Å². The summed E-state index contributed by atoms with van der Waals surface area (Å²) in [4.78, 5) is 36.7. The van der Waals surface area contributed by atoms with Crippen LogP contribution < -0.4 is 15.5 Å². The lowest BCUT2D eigenvalue weighted by atomic mass is 10.1. The highest BCUT2D eigenvalue weighted by atomic mass is 16.2. The summed E-state index contributed by atoms with van der Waals surface area (Å²) >= 11 is 0. The van der Waals surface area contributed by atoms with Crippen LogP contribution in [0.5, 0.6) is 0 Å². The SMILES string of the molecule is C[C@@H]1C(=O)N(C)c2cnc(-n3ccc(C(N)=O)n3)nc2N1C1CCCC1. The van der Waals surface area contributed by atoms with Crippen molar-refractivity contribution in [2.24, 2.45) is 5.73 Å². The first-order chi connectivity index (χ1) is 12.5. The zero-order valence-electron chi connectivity index (χ0n) is 14.8. The van der Waals surface area contributed by atoms with Crippen molar-refractivity contribution in [2.45, 2.75) is 44.7 Å². The maximum Gasteiger partial charge on any atom is 0.269 e. The van der Waals surface area contributed by atoms with Gasteiger partial charge in [0, 0.05) is 19.3 Å². The lowest BCUT2D eigenvalue weighted by Gasteiger charge is -2.42. The van der Waals surface area contributed by atoms with Crippen LogP contribution in [0.15, 0.2) is 18.5 Å². The summed E-state index contributed by atoms with van der Waals surface area (Å²) in [6.45, 7) is 1.92. The second-order valence-electron chi connectivity index (χ2n) is 6.81. The number of likely N-dealkylation sites (N-methyl/N-ethyl adjacent to an activating group) is 1. The average molecular weight is 355 g/mol. The molecule has 2 amide bonds. The number of carbonyl (C=O) groups excluding carboxylic acids is 2. The number of carbonyl (C=O) groups is 2. The molecule has 26 heavy (non-hydrogen) atoms. The Labute approximate surface area is 150 Å². The monoisotopic (exact) mass is 355 g/mol. The zero-order chi connectivity index (χ0) is 18.4. The fourth-order valence-corrected chi connectivity index (χ4v) is 3.83. The van der Waals surface area contributed by atoms with Crippen LogP contribution in [-0.4, -0.2) is 50.7 Å². The number of amides is 2. The first-order valence-corrected chi connectivity index (χ1v) is 8.76. The van der Waals surface area contributed by atoms with E-state index in [4.69, 9.17) is 5.73 Å². The highest BCUT2D eigenvalue weighted by molar-refractivity contribution is 6.04. The van der Waals surface area contributed by atoms with Crippen LogP contribution in [0.25, 0.3) is 5.95 Å². The molecule has 2 aliphatic rings. The zero-order valence-corrected chi connectivity index (χ0v) is 14.8. The normalized spacial score (nSPS) is 20.5. The summed E-state index contributed by atoms with van der Waals surface area (Å²) < 4.78 is 1.42. The van der Waals surface area contributed by atoms with Gasteiger partial charge in [-0.25, -0.2) is 9.67 Å². The van der Waals surface area contributed by atoms with Crippen LogP contribution >= 0.6 is 0 Å². The first-order valence-electron chi connectivity index (χ1n) is 8.76. The quantitative estimate of drug-likeness (QED) is 0.875. The number of anilines is 2. The van der Waals surface area contributed by atoms with Gasteiger partial charge in [0.05, 0.1) is 6.20 Å². The van der Waals surface area contributed by atoms with E-state index in [9.17, 15) is 9.59 Å². The molecule has 4 rings (SSSR count). The van der Waals surface area contributed by atoms with Gasteiger partial charge in [0.15, 0.2) is 5.82 Å². The fraction of sp³-hybridized carbons (Fsp3) is 0.471. The average Bonchev–Trinajstić information content (AvgIpc) is 3.31. The summed E-state index contributed by atoms with van der Waals surface area (Å²) in [5.74, 6) is 0.505. The van der Waals surface area contributed by atoms with E-state index >= 15 is 0 Å². The first kappa shape index (κ1) is 16.5. The van der Waals surface area contributed by atoms with Gasteiger partial charge in [0.25, 0.3) is 11.9 Å². The molecule has 3 heterocycles. The third-order valence-corrected chi connectivity index (χ3v) is 5.21. The highest BCUT2D eigenvalue weighted by Gasteiger charge is 2.39. The molecule has 1 saturated carbocycles. The van der Waals surface area contributed by atoms with Gasteiger partial charge in [-0.1, -0.05) is 12.8 Å². The Balaban J connectivity index is 1.80. The molecule has 1 aliphatic heterocycles. The van der Waals surface area contributed by atoms with Gasteiger partial charge in [-0.3, -0.25) is 9.59 Å². The van der Waals surface area contributed by atoms with Gasteiger partial charge in [0.1, 0.15) is 17.4 Å². The molecule has 0 spiro atoms. The molecule has 0 radical (unpaired) electrons. The molecular weight excluding hydrogens is 334 g/mol. The van der Waals surface area contributed by atoms with Gasteiger partial charge in [-0.2, -0.15) is 10.1 Å². The predicted octanol–water partition coefficient (Wildman–Crippen LogP) is 0.875. The van der Waals surface area contributed by atoms with Crippen LogP contribution in [0, 0.1) is 0 Å². The van der Waals surface area contributed by atoms with E-state index in [0.29, 0.717) is 17.7 Å². The number of primary amides is 1. The van der Waals surface area contributed by atoms with Crippen molar-refractivity contribution in [1.82, 2.24) is 19.7 Å². The van der Waals surface area contributed by atoms with E-state index in [1.165, 1.54) is 10.7 Å². The third kappa shape index (κ3) is 2.51. The van der Waals surface area contributed by atoms with Gasteiger partial charge in [-0.15, -0.1) is 0 Å². The summed E-state index contributed by atoms with van der Waals surface area (Å²) in [6.07, 6.45) is 7.65. The summed E-state index contributed by atoms with van der Waals surface area (Å²) in [5, 5.41) is 4.12. The summed E-state index contributed by atoms with van der Waals surface area (Å²) in [5.41, 5.74) is 6.10. The van der Waals surface area contributed by atoms with Crippen LogP contribution in [0.1, 0.15) is 43.1 Å². The van der Waals surface area contributed by atoms with Crippen molar-refractivity contribution in [3.05, 3.63) is 24.2 Å². The molecule has 136 valence electrons. The van der Waals surface area contributed by atoms with Crippen molar-refractivity contribution in [2.75, 3.05) is 16.8 Å². The predicted molar refractivity (Wildman–Crippen MR) is 95.3 cm³/mol.